The Morgan fingerprint density at radius 3 is 3.12 bits per heavy atom. The molecule has 90 valence electrons. The summed E-state index contributed by atoms with van der Waals surface area (Å²) in [5.74, 6) is 0.119. The number of aryl methyl sites for hydroxylation is 1. The fourth-order valence-electron chi connectivity index (χ4n) is 1.71. The lowest BCUT2D eigenvalue weighted by Gasteiger charge is -2.11. The first-order valence-electron chi connectivity index (χ1n) is 5.01. The molecule has 0 saturated heterocycles. The highest BCUT2D eigenvalue weighted by Gasteiger charge is 2.25. The first kappa shape index (κ1) is 11.8. The molecule has 0 fully saturated rings. The Kier molecular flexibility index (Phi) is 3.28. The molecule has 1 aliphatic heterocycles. The minimum Gasteiger partial charge on any atom is -0.465 e. The van der Waals surface area contributed by atoms with Gasteiger partial charge in [0.1, 0.15) is 11.9 Å². The first-order valence-corrected chi connectivity index (χ1v) is 5.80. The second-order valence-corrected chi connectivity index (χ2v) is 4.61. The average molecular weight is 300 g/mol. The van der Waals surface area contributed by atoms with Crippen LogP contribution < -0.4 is 10.6 Å². The molecular formula is C10H10BrN3O3. The largest absolute Gasteiger partial charge is 0.465 e. The molecule has 0 aliphatic carbocycles. The number of aromatic nitrogens is 1. The van der Waals surface area contributed by atoms with Crippen LogP contribution in [0, 0.1) is 0 Å². The molecular weight excluding hydrogens is 290 g/mol. The fraction of sp³-hybridized carbons (Fsp3) is 0.300. The normalized spacial score (nSPS) is 18.9. The van der Waals surface area contributed by atoms with Gasteiger partial charge in [0.15, 0.2) is 0 Å². The summed E-state index contributed by atoms with van der Waals surface area (Å²) in [5, 5.41) is 13.4. The number of amides is 2. The van der Waals surface area contributed by atoms with Crippen LogP contribution in [0.2, 0.25) is 0 Å². The van der Waals surface area contributed by atoms with Gasteiger partial charge in [-0.15, -0.1) is 0 Å². The topological polar surface area (TPSA) is 91.3 Å². The lowest BCUT2D eigenvalue weighted by atomic mass is 10.1. The number of carbonyl (C=O) groups excluding carboxylic acids is 1. The van der Waals surface area contributed by atoms with Gasteiger partial charge in [0.2, 0.25) is 5.91 Å². The van der Waals surface area contributed by atoms with Crippen molar-refractivity contribution in [2.24, 2.45) is 0 Å². The number of rotatable bonds is 1. The standard InChI is InChI=1S/C10H10BrN3O3/c11-6-3-5-1-2-7(13-10(16)17)9(15)14-8(5)12-4-6/h3-4,7,13H,1-2H2,(H,16,17)(H,12,14,15). The summed E-state index contributed by atoms with van der Waals surface area (Å²) in [6.45, 7) is 0. The molecule has 1 aromatic rings. The van der Waals surface area contributed by atoms with Gasteiger partial charge < -0.3 is 15.7 Å². The second-order valence-electron chi connectivity index (χ2n) is 3.69. The second kappa shape index (κ2) is 4.70. The molecule has 2 rings (SSSR count). The number of fused-ring (bicyclic) bond motifs is 1. The number of hydrogen-bond acceptors (Lipinski definition) is 3. The van der Waals surface area contributed by atoms with Gasteiger partial charge in [-0.3, -0.25) is 4.79 Å². The van der Waals surface area contributed by atoms with Crippen molar-refractivity contribution >= 4 is 33.7 Å². The van der Waals surface area contributed by atoms with E-state index in [1.807, 2.05) is 6.07 Å². The maximum absolute atomic E-state index is 11.7. The number of pyridine rings is 1. The smallest absolute Gasteiger partial charge is 0.405 e. The van der Waals surface area contributed by atoms with E-state index in [-0.39, 0.29) is 5.91 Å². The molecule has 1 atom stereocenters. The Labute approximate surface area is 106 Å². The molecule has 0 aromatic carbocycles. The van der Waals surface area contributed by atoms with E-state index >= 15 is 0 Å². The van der Waals surface area contributed by atoms with Crippen molar-refractivity contribution in [3.05, 3.63) is 22.3 Å². The van der Waals surface area contributed by atoms with Gasteiger partial charge in [0.05, 0.1) is 0 Å². The molecule has 3 N–H and O–H groups in total. The maximum atomic E-state index is 11.7. The fourth-order valence-corrected chi connectivity index (χ4v) is 2.08. The number of carboxylic acid groups (broad SMARTS) is 1. The van der Waals surface area contributed by atoms with E-state index < -0.39 is 12.1 Å². The van der Waals surface area contributed by atoms with Crippen molar-refractivity contribution in [2.75, 3.05) is 5.32 Å². The van der Waals surface area contributed by atoms with Crippen LogP contribution in [-0.2, 0) is 11.2 Å². The maximum Gasteiger partial charge on any atom is 0.405 e. The Bertz CT molecular complexity index is 478. The van der Waals surface area contributed by atoms with Gasteiger partial charge in [0.25, 0.3) is 0 Å². The van der Waals surface area contributed by atoms with Gasteiger partial charge in [0, 0.05) is 10.7 Å². The Morgan fingerprint density at radius 2 is 2.41 bits per heavy atom. The summed E-state index contributed by atoms with van der Waals surface area (Å²) < 4.78 is 0.829. The average Bonchev–Trinajstić information content (AvgIpc) is 2.39. The Morgan fingerprint density at radius 1 is 1.65 bits per heavy atom. The number of hydrogen-bond donors (Lipinski definition) is 3. The van der Waals surface area contributed by atoms with Crippen LogP contribution in [0.15, 0.2) is 16.7 Å². The molecule has 7 heteroatoms. The number of nitrogens with zero attached hydrogens (tertiary/aromatic N) is 1. The number of nitrogens with one attached hydrogen (secondary N) is 2. The van der Waals surface area contributed by atoms with Gasteiger partial charge in [-0.1, -0.05) is 0 Å². The molecule has 0 radical (unpaired) electrons. The van der Waals surface area contributed by atoms with Crippen LogP contribution in [0.25, 0.3) is 0 Å². The van der Waals surface area contributed by atoms with Crippen molar-refractivity contribution in [1.29, 1.82) is 0 Å². The van der Waals surface area contributed by atoms with Crippen LogP contribution in [0.5, 0.6) is 0 Å². The summed E-state index contributed by atoms with van der Waals surface area (Å²) in [7, 11) is 0. The van der Waals surface area contributed by atoms with Crippen LogP contribution in [0.4, 0.5) is 10.6 Å². The van der Waals surface area contributed by atoms with Gasteiger partial charge >= 0.3 is 6.09 Å². The molecule has 17 heavy (non-hydrogen) atoms. The van der Waals surface area contributed by atoms with E-state index in [0.29, 0.717) is 18.7 Å². The zero-order valence-corrected chi connectivity index (χ0v) is 10.3. The van der Waals surface area contributed by atoms with E-state index in [2.05, 4.69) is 31.5 Å². The molecule has 1 unspecified atom stereocenters. The minimum atomic E-state index is -1.20. The first-order chi connectivity index (χ1) is 8.06. The lowest BCUT2D eigenvalue weighted by molar-refractivity contribution is -0.118. The lowest BCUT2D eigenvalue weighted by Crippen LogP contribution is -2.42. The van der Waals surface area contributed by atoms with E-state index in [9.17, 15) is 9.59 Å². The predicted molar refractivity (Wildman–Crippen MR) is 63.8 cm³/mol. The van der Waals surface area contributed by atoms with Crippen LogP contribution in [-0.4, -0.2) is 28.1 Å². The molecule has 1 aromatic heterocycles. The van der Waals surface area contributed by atoms with Crippen molar-refractivity contribution in [3.8, 4) is 0 Å². The quantitative estimate of drug-likeness (QED) is 0.730. The van der Waals surface area contributed by atoms with Gasteiger partial charge in [-0.25, -0.2) is 9.78 Å². The molecule has 1 aliphatic rings. The SMILES string of the molecule is O=C(O)NC1CCc2cc(Br)cnc2NC1=O. The van der Waals surface area contributed by atoms with Crippen molar-refractivity contribution < 1.29 is 14.7 Å². The Hall–Kier alpha value is -1.63. The van der Waals surface area contributed by atoms with E-state index in [1.165, 1.54) is 0 Å². The van der Waals surface area contributed by atoms with Crippen molar-refractivity contribution in [3.63, 3.8) is 0 Å². The summed E-state index contributed by atoms with van der Waals surface area (Å²) in [5.41, 5.74) is 0.891. The predicted octanol–water partition coefficient (Wildman–Crippen LogP) is 1.36. The molecule has 0 saturated carbocycles. The third-order valence-electron chi connectivity index (χ3n) is 2.49. The van der Waals surface area contributed by atoms with Crippen molar-refractivity contribution in [1.82, 2.24) is 10.3 Å². The number of carbonyl (C=O) groups is 2. The van der Waals surface area contributed by atoms with E-state index in [4.69, 9.17) is 5.11 Å². The summed E-state index contributed by atoms with van der Waals surface area (Å²) in [6, 6.07) is 1.13. The van der Waals surface area contributed by atoms with Gasteiger partial charge in [-0.2, -0.15) is 0 Å². The highest BCUT2D eigenvalue weighted by Crippen LogP contribution is 2.22. The molecule has 2 heterocycles. The minimum absolute atomic E-state index is 0.374. The van der Waals surface area contributed by atoms with Crippen LogP contribution in [0.1, 0.15) is 12.0 Å². The number of halogens is 1. The molecule has 6 nitrogen and oxygen atoms in total. The highest BCUT2D eigenvalue weighted by atomic mass is 79.9. The molecule has 2 amide bonds. The zero-order valence-electron chi connectivity index (χ0n) is 8.74. The third kappa shape index (κ3) is 2.73. The van der Waals surface area contributed by atoms with Crippen LogP contribution >= 0.6 is 15.9 Å². The van der Waals surface area contributed by atoms with E-state index in [1.54, 1.807) is 6.20 Å². The van der Waals surface area contributed by atoms with Crippen LogP contribution in [0.3, 0.4) is 0 Å². The highest BCUT2D eigenvalue weighted by molar-refractivity contribution is 9.10. The van der Waals surface area contributed by atoms with Crippen molar-refractivity contribution in [2.45, 2.75) is 18.9 Å². The number of anilines is 1. The summed E-state index contributed by atoms with van der Waals surface area (Å²) >= 11 is 3.30. The summed E-state index contributed by atoms with van der Waals surface area (Å²) in [6.07, 6.45) is 1.39. The monoisotopic (exact) mass is 299 g/mol. The Balaban J connectivity index is 2.22. The third-order valence-corrected chi connectivity index (χ3v) is 2.93. The summed E-state index contributed by atoms with van der Waals surface area (Å²) in [4.78, 5) is 26.3. The zero-order chi connectivity index (χ0) is 12.4. The molecule has 0 bridgehead atoms. The van der Waals surface area contributed by atoms with E-state index in [0.717, 1.165) is 10.0 Å². The molecule has 0 spiro atoms. The van der Waals surface area contributed by atoms with Gasteiger partial charge in [-0.05, 0) is 40.4 Å².